The van der Waals surface area contributed by atoms with Crippen molar-refractivity contribution in [3.05, 3.63) is 0 Å². The number of halogens is 1. The minimum absolute atomic E-state index is 0. The molecular weight excluding hydrogens is 247 g/mol. The van der Waals surface area contributed by atoms with Crippen LogP contribution in [-0.2, 0) is 0 Å². The molecule has 2 unspecified atom stereocenters. The van der Waals surface area contributed by atoms with Gasteiger partial charge >= 0.3 is 0 Å². The van der Waals surface area contributed by atoms with E-state index in [0.717, 1.165) is 5.92 Å². The molecule has 0 aliphatic carbocycles. The fraction of sp³-hybridized carbons (Fsp3) is 1.00. The molecule has 0 amide bonds. The molecule has 0 fully saturated rings. The van der Waals surface area contributed by atoms with Crippen molar-refractivity contribution in [2.24, 2.45) is 5.92 Å². The van der Waals surface area contributed by atoms with E-state index in [-0.39, 0.29) is 12.4 Å². The van der Waals surface area contributed by atoms with Crippen molar-refractivity contribution < 1.29 is 0 Å². The zero-order chi connectivity index (χ0) is 12.4. The van der Waals surface area contributed by atoms with Crippen LogP contribution in [0.25, 0.3) is 0 Å². The van der Waals surface area contributed by atoms with E-state index in [2.05, 4.69) is 36.9 Å². The maximum absolute atomic E-state index is 3.16. The van der Waals surface area contributed by atoms with Crippen molar-refractivity contribution in [3.8, 4) is 0 Å². The van der Waals surface area contributed by atoms with Gasteiger partial charge in [-0.1, -0.05) is 66.2 Å². The summed E-state index contributed by atoms with van der Waals surface area (Å²) >= 11 is 0. The highest BCUT2D eigenvalue weighted by Crippen LogP contribution is 2.39. The van der Waals surface area contributed by atoms with Crippen LogP contribution < -0.4 is 0 Å². The number of unbranched alkanes of at least 4 members (excludes halogenated alkanes) is 4. The molecule has 106 valence electrons. The summed E-state index contributed by atoms with van der Waals surface area (Å²) in [7, 11) is 3.16. The highest BCUT2D eigenvalue weighted by molar-refractivity contribution is 7.19. The van der Waals surface area contributed by atoms with Crippen LogP contribution in [0, 0.1) is 5.92 Å². The molecule has 0 saturated heterocycles. The SMILES string of the molecule is CCCCCCCC(CC)C(P)(CC)CC.Cl. The molecule has 17 heavy (non-hydrogen) atoms. The molecule has 0 nitrogen and oxygen atoms in total. The molecule has 0 bridgehead atoms. The molecule has 0 aliphatic heterocycles. The summed E-state index contributed by atoms with van der Waals surface area (Å²) in [6, 6.07) is 0. The van der Waals surface area contributed by atoms with E-state index < -0.39 is 0 Å². The maximum Gasteiger partial charge on any atom is -0.0127 e. The second-order valence-electron chi connectivity index (χ2n) is 5.25. The van der Waals surface area contributed by atoms with Gasteiger partial charge in [0.1, 0.15) is 0 Å². The highest BCUT2D eigenvalue weighted by Gasteiger charge is 2.28. The Bertz CT molecular complexity index is 155. The Morgan fingerprint density at radius 1 is 0.882 bits per heavy atom. The summed E-state index contributed by atoms with van der Waals surface area (Å²) in [6.07, 6.45) is 12.5. The third-order valence-corrected chi connectivity index (χ3v) is 5.57. The molecule has 0 aliphatic rings. The minimum atomic E-state index is 0. The third kappa shape index (κ3) is 7.68. The number of rotatable bonds is 10. The van der Waals surface area contributed by atoms with E-state index in [4.69, 9.17) is 0 Å². The molecular formula is C15H34ClP. The first-order chi connectivity index (χ1) is 7.64. The summed E-state index contributed by atoms with van der Waals surface area (Å²) in [6.45, 7) is 9.34. The summed E-state index contributed by atoms with van der Waals surface area (Å²) in [5, 5.41) is 0.513. The van der Waals surface area contributed by atoms with Gasteiger partial charge in [-0.3, -0.25) is 0 Å². The molecule has 0 aromatic heterocycles. The lowest BCUT2D eigenvalue weighted by molar-refractivity contribution is 0.313. The zero-order valence-corrected chi connectivity index (χ0v) is 14.4. The van der Waals surface area contributed by atoms with Crippen LogP contribution in [0.1, 0.15) is 85.5 Å². The van der Waals surface area contributed by atoms with Crippen LogP contribution in [-0.4, -0.2) is 5.16 Å². The molecule has 0 N–H and O–H groups in total. The minimum Gasteiger partial charge on any atom is -0.147 e. The van der Waals surface area contributed by atoms with Crippen molar-refractivity contribution in [1.82, 2.24) is 0 Å². The van der Waals surface area contributed by atoms with E-state index in [1.807, 2.05) is 0 Å². The van der Waals surface area contributed by atoms with Crippen molar-refractivity contribution in [3.63, 3.8) is 0 Å². The molecule has 2 atom stereocenters. The van der Waals surface area contributed by atoms with Gasteiger partial charge in [0, 0.05) is 0 Å². The molecule has 0 rings (SSSR count). The highest BCUT2D eigenvalue weighted by atomic mass is 35.5. The molecule has 0 aromatic rings. The average molecular weight is 281 g/mol. The Morgan fingerprint density at radius 2 is 1.41 bits per heavy atom. The van der Waals surface area contributed by atoms with Crippen molar-refractivity contribution in [2.45, 2.75) is 90.6 Å². The summed E-state index contributed by atoms with van der Waals surface area (Å²) in [5.74, 6) is 0.911. The average Bonchev–Trinajstić information content (AvgIpc) is 2.33. The van der Waals surface area contributed by atoms with E-state index in [9.17, 15) is 0 Å². The van der Waals surface area contributed by atoms with Gasteiger partial charge in [0.2, 0.25) is 0 Å². The molecule has 0 heterocycles. The van der Waals surface area contributed by atoms with Gasteiger partial charge in [-0.25, -0.2) is 0 Å². The van der Waals surface area contributed by atoms with Crippen LogP contribution in [0.15, 0.2) is 0 Å². The normalized spacial score (nSPS) is 13.2. The van der Waals surface area contributed by atoms with Crippen LogP contribution in [0.4, 0.5) is 0 Å². The van der Waals surface area contributed by atoms with Gasteiger partial charge in [-0.2, -0.15) is 0 Å². The molecule has 2 heteroatoms. The summed E-state index contributed by atoms with van der Waals surface area (Å²) in [4.78, 5) is 0. The second kappa shape index (κ2) is 11.8. The first kappa shape index (κ1) is 20.0. The Balaban J connectivity index is 0. The van der Waals surface area contributed by atoms with E-state index >= 15 is 0 Å². The molecule has 0 aromatic carbocycles. The lowest BCUT2D eigenvalue weighted by Crippen LogP contribution is -2.29. The second-order valence-corrected chi connectivity index (χ2v) is 6.40. The van der Waals surface area contributed by atoms with E-state index in [1.54, 1.807) is 0 Å². The van der Waals surface area contributed by atoms with E-state index in [1.165, 1.54) is 57.8 Å². The molecule has 0 spiro atoms. The lowest BCUT2D eigenvalue weighted by atomic mass is 9.81. The standard InChI is InChI=1S/C15H33P.ClH/c1-5-9-10-11-12-13-14(6-2)15(16,7-3)8-4;/h14H,5-13,16H2,1-4H3;1H. The first-order valence-corrected chi connectivity index (χ1v) is 8.01. The third-order valence-electron chi connectivity index (χ3n) is 4.28. The summed E-state index contributed by atoms with van der Waals surface area (Å²) < 4.78 is 0. The predicted molar refractivity (Wildman–Crippen MR) is 87.4 cm³/mol. The fourth-order valence-corrected chi connectivity index (χ4v) is 3.12. The number of hydrogen-bond acceptors (Lipinski definition) is 0. The predicted octanol–water partition coefficient (Wildman–Crippen LogP) is 6.23. The van der Waals surface area contributed by atoms with Gasteiger partial charge in [0.05, 0.1) is 0 Å². The van der Waals surface area contributed by atoms with Crippen molar-refractivity contribution in [1.29, 1.82) is 0 Å². The first-order valence-electron chi connectivity index (χ1n) is 7.43. The van der Waals surface area contributed by atoms with Crippen LogP contribution >= 0.6 is 21.6 Å². The van der Waals surface area contributed by atoms with Gasteiger partial charge in [0.25, 0.3) is 0 Å². The van der Waals surface area contributed by atoms with Crippen LogP contribution in [0.5, 0.6) is 0 Å². The number of hydrogen-bond donors (Lipinski definition) is 0. The van der Waals surface area contributed by atoms with Gasteiger partial charge in [-0.05, 0) is 30.3 Å². The monoisotopic (exact) mass is 280 g/mol. The van der Waals surface area contributed by atoms with Crippen molar-refractivity contribution >= 4 is 21.6 Å². The van der Waals surface area contributed by atoms with Gasteiger partial charge in [-0.15, -0.1) is 21.6 Å². The molecule has 0 radical (unpaired) electrons. The Morgan fingerprint density at radius 3 is 1.82 bits per heavy atom. The largest absolute Gasteiger partial charge is 0.147 e. The zero-order valence-electron chi connectivity index (χ0n) is 12.4. The quantitative estimate of drug-likeness (QED) is 0.329. The molecule has 0 saturated carbocycles. The van der Waals surface area contributed by atoms with Crippen LogP contribution in [0.2, 0.25) is 0 Å². The van der Waals surface area contributed by atoms with Crippen LogP contribution in [0.3, 0.4) is 0 Å². The Labute approximate surface area is 118 Å². The van der Waals surface area contributed by atoms with Gasteiger partial charge < -0.3 is 0 Å². The van der Waals surface area contributed by atoms with E-state index in [0.29, 0.717) is 5.16 Å². The van der Waals surface area contributed by atoms with Gasteiger partial charge in [0.15, 0.2) is 0 Å². The Hall–Kier alpha value is 0.720. The smallest absolute Gasteiger partial charge is 0.0127 e. The maximum atomic E-state index is 3.16. The fourth-order valence-electron chi connectivity index (χ4n) is 2.72. The summed E-state index contributed by atoms with van der Waals surface area (Å²) in [5.41, 5.74) is 0. The topological polar surface area (TPSA) is 0 Å². The Kier molecular flexibility index (Phi) is 13.9. The van der Waals surface area contributed by atoms with Crippen molar-refractivity contribution in [2.75, 3.05) is 0 Å². The lowest BCUT2D eigenvalue weighted by Gasteiger charge is -2.36.